The summed E-state index contributed by atoms with van der Waals surface area (Å²) in [4.78, 5) is 8.76. The average Bonchev–Trinajstić information content (AvgIpc) is 2.62. The topological polar surface area (TPSA) is 44.2 Å². The van der Waals surface area contributed by atoms with Gasteiger partial charge in [-0.2, -0.15) is 0 Å². The number of aromatic nitrogens is 2. The average molecular weight is 320 g/mol. The minimum atomic E-state index is 0.578. The third-order valence-corrected chi connectivity index (χ3v) is 3.56. The summed E-state index contributed by atoms with van der Waals surface area (Å²) in [5, 5.41) is 0.941. The minimum absolute atomic E-state index is 0.578. The fraction of sp³-hybridized carbons (Fsp3) is 0.200. The lowest BCUT2D eigenvalue weighted by Gasteiger charge is -2.12. The zero-order chi connectivity index (χ0) is 16.8. The molecule has 0 unspecified atom stereocenters. The summed E-state index contributed by atoms with van der Waals surface area (Å²) in [5.74, 6) is 1.43. The molecule has 1 heterocycles. The summed E-state index contributed by atoms with van der Waals surface area (Å²) < 4.78 is 11.4. The monoisotopic (exact) mass is 320 g/mol. The number of rotatable bonds is 6. The lowest BCUT2D eigenvalue weighted by molar-refractivity contribution is 0.288. The largest absolute Gasteiger partial charge is 0.490 e. The van der Waals surface area contributed by atoms with E-state index in [9.17, 15) is 0 Å². The molecule has 2 aromatic carbocycles. The quantitative estimate of drug-likeness (QED) is 0.666. The van der Waals surface area contributed by atoms with Gasteiger partial charge in [0.25, 0.3) is 0 Å². The molecule has 0 saturated carbocycles. The lowest BCUT2D eigenvalue weighted by atomic mass is 10.1. The predicted octanol–water partition coefficient (Wildman–Crippen LogP) is 4.60. The maximum Gasteiger partial charge on any atom is 0.163 e. The van der Waals surface area contributed by atoms with Crippen LogP contribution in [-0.4, -0.2) is 23.2 Å². The van der Waals surface area contributed by atoms with Gasteiger partial charge in [0.05, 0.1) is 24.4 Å². The van der Waals surface area contributed by atoms with E-state index in [1.54, 1.807) is 6.33 Å². The maximum absolute atomic E-state index is 5.71. The van der Waals surface area contributed by atoms with Crippen molar-refractivity contribution in [2.24, 2.45) is 0 Å². The van der Waals surface area contributed by atoms with Crippen molar-refractivity contribution in [2.45, 2.75) is 13.8 Å². The van der Waals surface area contributed by atoms with Gasteiger partial charge in [-0.1, -0.05) is 36.4 Å². The molecule has 0 atom stereocenters. The molecule has 4 nitrogen and oxygen atoms in total. The van der Waals surface area contributed by atoms with Crippen LogP contribution < -0.4 is 9.47 Å². The van der Waals surface area contributed by atoms with Crippen LogP contribution in [0, 0.1) is 0 Å². The molecule has 0 aliphatic carbocycles. The molecule has 3 aromatic rings. The van der Waals surface area contributed by atoms with Gasteiger partial charge in [0, 0.05) is 11.5 Å². The van der Waals surface area contributed by atoms with E-state index in [0.29, 0.717) is 19.0 Å². The van der Waals surface area contributed by atoms with Crippen molar-refractivity contribution in [3.63, 3.8) is 0 Å². The van der Waals surface area contributed by atoms with Crippen LogP contribution in [0.3, 0.4) is 0 Å². The third-order valence-electron chi connectivity index (χ3n) is 3.56. The van der Waals surface area contributed by atoms with Gasteiger partial charge in [-0.25, -0.2) is 9.97 Å². The Labute approximate surface area is 141 Å². The summed E-state index contributed by atoms with van der Waals surface area (Å²) in [6, 6.07) is 14.0. The Morgan fingerprint density at radius 1 is 0.875 bits per heavy atom. The Morgan fingerprint density at radius 2 is 1.58 bits per heavy atom. The van der Waals surface area contributed by atoms with Gasteiger partial charge >= 0.3 is 0 Å². The Hall–Kier alpha value is -2.88. The first-order valence-corrected chi connectivity index (χ1v) is 8.09. The number of hydrogen-bond acceptors (Lipinski definition) is 4. The van der Waals surface area contributed by atoms with E-state index in [-0.39, 0.29) is 0 Å². The normalized spacial score (nSPS) is 11.1. The summed E-state index contributed by atoms with van der Waals surface area (Å²) in [5.41, 5.74) is 2.82. The number of ether oxygens (including phenoxy) is 2. The molecular weight excluding hydrogens is 300 g/mol. The van der Waals surface area contributed by atoms with E-state index in [1.165, 1.54) is 0 Å². The van der Waals surface area contributed by atoms with Crippen molar-refractivity contribution in [1.29, 1.82) is 0 Å². The standard InChI is InChI=1S/C20H20N2O2/c1-3-23-19-12-16-17(11-10-15-8-6-5-7-9-15)21-14-22-18(16)13-20(19)24-4-2/h5-14H,3-4H2,1-2H3/b11-10+. The van der Waals surface area contributed by atoms with Crippen molar-refractivity contribution >= 4 is 23.1 Å². The highest BCUT2D eigenvalue weighted by Gasteiger charge is 2.10. The number of benzene rings is 2. The highest BCUT2D eigenvalue weighted by atomic mass is 16.5. The fourth-order valence-electron chi connectivity index (χ4n) is 2.49. The number of nitrogens with zero attached hydrogens (tertiary/aromatic N) is 2. The number of fused-ring (bicyclic) bond motifs is 1. The Morgan fingerprint density at radius 3 is 2.29 bits per heavy atom. The van der Waals surface area contributed by atoms with E-state index >= 15 is 0 Å². The van der Waals surface area contributed by atoms with Crippen LogP contribution in [0.1, 0.15) is 25.1 Å². The minimum Gasteiger partial charge on any atom is -0.490 e. The van der Waals surface area contributed by atoms with Crippen LogP contribution >= 0.6 is 0 Å². The van der Waals surface area contributed by atoms with E-state index in [4.69, 9.17) is 9.47 Å². The molecule has 0 spiro atoms. The molecule has 0 bridgehead atoms. The molecule has 122 valence electrons. The molecule has 1 aromatic heterocycles. The molecule has 0 aliphatic rings. The first kappa shape index (κ1) is 16.0. The molecular formula is C20H20N2O2. The van der Waals surface area contributed by atoms with Gasteiger partial charge in [0.1, 0.15) is 6.33 Å². The smallest absolute Gasteiger partial charge is 0.163 e. The van der Waals surface area contributed by atoms with E-state index in [1.807, 2.05) is 56.3 Å². The van der Waals surface area contributed by atoms with Crippen molar-refractivity contribution in [3.05, 3.63) is 60.0 Å². The van der Waals surface area contributed by atoms with Gasteiger partial charge in [0.2, 0.25) is 0 Å². The van der Waals surface area contributed by atoms with Crippen molar-refractivity contribution in [2.75, 3.05) is 13.2 Å². The lowest BCUT2D eigenvalue weighted by Crippen LogP contribution is -1.99. The van der Waals surface area contributed by atoms with Gasteiger partial charge in [-0.05, 0) is 31.6 Å². The Balaban J connectivity index is 2.05. The molecule has 3 rings (SSSR count). The highest BCUT2D eigenvalue weighted by Crippen LogP contribution is 2.33. The Bertz CT molecular complexity index is 845. The van der Waals surface area contributed by atoms with Gasteiger partial charge in [-0.15, -0.1) is 0 Å². The van der Waals surface area contributed by atoms with Crippen LogP contribution in [0.15, 0.2) is 48.8 Å². The molecule has 0 N–H and O–H groups in total. The second-order valence-electron chi connectivity index (χ2n) is 5.19. The van der Waals surface area contributed by atoms with Crippen LogP contribution in [0.5, 0.6) is 11.5 Å². The first-order valence-electron chi connectivity index (χ1n) is 8.09. The summed E-state index contributed by atoms with van der Waals surface area (Å²) in [6.45, 7) is 5.07. The molecule has 0 saturated heterocycles. The summed E-state index contributed by atoms with van der Waals surface area (Å²) in [6.07, 6.45) is 5.61. The van der Waals surface area contributed by atoms with Gasteiger partial charge in [0.15, 0.2) is 11.5 Å². The van der Waals surface area contributed by atoms with Crippen molar-refractivity contribution in [1.82, 2.24) is 9.97 Å². The summed E-state index contributed by atoms with van der Waals surface area (Å²) >= 11 is 0. The molecule has 0 amide bonds. The zero-order valence-electron chi connectivity index (χ0n) is 13.9. The van der Waals surface area contributed by atoms with E-state index in [2.05, 4.69) is 22.1 Å². The second-order valence-corrected chi connectivity index (χ2v) is 5.19. The maximum atomic E-state index is 5.71. The molecule has 0 aliphatic heterocycles. The second kappa shape index (κ2) is 7.59. The van der Waals surface area contributed by atoms with Crippen molar-refractivity contribution in [3.8, 4) is 11.5 Å². The van der Waals surface area contributed by atoms with Crippen molar-refractivity contribution < 1.29 is 9.47 Å². The van der Waals surface area contributed by atoms with E-state index in [0.717, 1.165) is 27.9 Å². The Kier molecular flexibility index (Phi) is 5.06. The fourth-order valence-corrected chi connectivity index (χ4v) is 2.49. The van der Waals surface area contributed by atoms with Crippen LogP contribution in [0.2, 0.25) is 0 Å². The third kappa shape index (κ3) is 3.54. The first-order chi connectivity index (χ1) is 11.8. The molecule has 24 heavy (non-hydrogen) atoms. The van der Waals surface area contributed by atoms with Crippen LogP contribution in [-0.2, 0) is 0 Å². The van der Waals surface area contributed by atoms with Crippen LogP contribution in [0.25, 0.3) is 23.1 Å². The molecule has 0 radical (unpaired) electrons. The van der Waals surface area contributed by atoms with Gasteiger partial charge in [-0.3, -0.25) is 0 Å². The molecule has 0 fully saturated rings. The van der Waals surface area contributed by atoms with E-state index < -0.39 is 0 Å². The zero-order valence-corrected chi connectivity index (χ0v) is 13.9. The predicted molar refractivity (Wildman–Crippen MR) is 97.2 cm³/mol. The number of hydrogen-bond donors (Lipinski definition) is 0. The SMILES string of the molecule is CCOc1cc2ncnc(/C=C/c3ccccc3)c2cc1OCC. The highest BCUT2D eigenvalue weighted by molar-refractivity contribution is 5.91. The van der Waals surface area contributed by atoms with Crippen LogP contribution in [0.4, 0.5) is 0 Å². The molecule has 4 heteroatoms. The van der Waals surface area contributed by atoms with Gasteiger partial charge < -0.3 is 9.47 Å². The summed E-state index contributed by atoms with van der Waals surface area (Å²) in [7, 11) is 0.